The predicted molar refractivity (Wildman–Crippen MR) is 151 cm³/mol. The molecule has 2 saturated carbocycles. The molecule has 0 saturated heterocycles. The number of carbonyl (C=O) groups is 1. The second-order valence-electron chi connectivity index (χ2n) is 11.2. The van der Waals surface area contributed by atoms with E-state index in [1.165, 1.54) is 19.9 Å². The average molecular weight is 624 g/mol. The molecule has 0 spiro atoms. The molecule has 2 aromatic heterocycles. The Bertz CT molecular complexity index is 1630. The zero-order valence-corrected chi connectivity index (χ0v) is 24.4. The van der Waals surface area contributed by atoms with Crippen molar-refractivity contribution in [2.45, 2.75) is 63.5 Å². The fourth-order valence-electron chi connectivity index (χ4n) is 6.30. The van der Waals surface area contributed by atoms with E-state index in [4.69, 9.17) is 32.5 Å². The van der Waals surface area contributed by atoms with Gasteiger partial charge in [0.1, 0.15) is 21.8 Å². The Labute approximate surface area is 248 Å². The first-order chi connectivity index (χ1) is 19.4. The van der Waals surface area contributed by atoms with Crippen LogP contribution in [0.4, 0.5) is 8.78 Å². The van der Waals surface area contributed by atoms with E-state index in [1.807, 2.05) is 0 Å². The normalized spacial score (nSPS) is 24.3. The monoisotopic (exact) mass is 622 g/mol. The quantitative estimate of drug-likeness (QED) is 0.216. The van der Waals surface area contributed by atoms with Gasteiger partial charge in [0.2, 0.25) is 0 Å². The van der Waals surface area contributed by atoms with Crippen LogP contribution >= 0.6 is 34.5 Å². The molecule has 0 radical (unpaired) electrons. The van der Waals surface area contributed by atoms with E-state index >= 15 is 4.39 Å². The minimum Gasteiger partial charge on any atom is -0.478 e. The van der Waals surface area contributed by atoms with Crippen molar-refractivity contribution in [3.8, 4) is 11.3 Å². The number of ether oxygens (including phenoxy) is 1. The Morgan fingerprint density at radius 3 is 2.49 bits per heavy atom. The molecular weight excluding hydrogens is 597 g/mol. The number of aromatic carboxylic acids is 1. The highest BCUT2D eigenvalue weighted by atomic mass is 35.5. The molecule has 2 aliphatic rings. The molecule has 216 valence electrons. The topological polar surface area (TPSA) is 106 Å². The van der Waals surface area contributed by atoms with Gasteiger partial charge in [0.05, 0.1) is 38.6 Å². The van der Waals surface area contributed by atoms with Crippen molar-refractivity contribution in [1.29, 1.82) is 0 Å². The Morgan fingerprint density at radius 1 is 1.22 bits per heavy atom. The Morgan fingerprint density at radius 2 is 1.88 bits per heavy atom. The summed E-state index contributed by atoms with van der Waals surface area (Å²) in [6, 6.07) is 7.36. The first-order valence-electron chi connectivity index (χ1n) is 13.2. The summed E-state index contributed by atoms with van der Waals surface area (Å²) < 4.78 is 41.9. The van der Waals surface area contributed by atoms with Crippen molar-refractivity contribution >= 4 is 50.7 Å². The zero-order valence-electron chi connectivity index (χ0n) is 22.1. The van der Waals surface area contributed by atoms with E-state index in [-0.39, 0.29) is 41.4 Å². The van der Waals surface area contributed by atoms with Crippen LogP contribution in [0.25, 0.3) is 21.5 Å². The first kappa shape index (κ1) is 28.5. The van der Waals surface area contributed by atoms with Crippen LogP contribution in [0.3, 0.4) is 0 Å². The number of aromatic nitrogens is 2. The highest BCUT2D eigenvalue weighted by Crippen LogP contribution is 2.57. The lowest BCUT2D eigenvalue weighted by molar-refractivity contribution is -0.116. The molecule has 7 nitrogen and oxygen atoms in total. The molecule has 2 unspecified atom stereocenters. The highest BCUT2D eigenvalue weighted by Gasteiger charge is 2.56. The minimum absolute atomic E-state index is 0.00405. The summed E-state index contributed by atoms with van der Waals surface area (Å²) in [6.45, 7) is 2.74. The van der Waals surface area contributed by atoms with E-state index in [9.17, 15) is 19.4 Å². The fraction of sp³-hybridized carbons (Fsp3) is 0.414. The molecule has 0 aliphatic heterocycles. The smallest absolute Gasteiger partial charge is 0.335 e. The maximum Gasteiger partial charge on any atom is 0.335 e. The number of nitrogens with zero attached hydrogens (tertiary/aromatic N) is 2. The number of fused-ring (bicyclic) bond motifs is 3. The summed E-state index contributed by atoms with van der Waals surface area (Å²) in [7, 11) is 0. The van der Waals surface area contributed by atoms with E-state index in [0.29, 0.717) is 49.4 Å². The van der Waals surface area contributed by atoms with Crippen LogP contribution in [-0.2, 0) is 22.6 Å². The van der Waals surface area contributed by atoms with Crippen LogP contribution in [-0.4, -0.2) is 32.4 Å². The molecule has 0 amide bonds. The molecule has 2 heterocycles. The van der Waals surface area contributed by atoms with Crippen LogP contribution in [0.15, 0.2) is 34.9 Å². The lowest BCUT2D eigenvalue weighted by Crippen LogP contribution is -2.44. The van der Waals surface area contributed by atoms with E-state index < -0.39 is 23.1 Å². The molecule has 41 heavy (non-hydrogen) atoms. The molecule has 2 N–H and O–H groups in total. The van der Waals surface area contributed by atoms with Crippen LogP contribution in [0.1, 0.15) is 66.2 Å². The van der Waals surface area contributed by atoms with Gasteiger partial charge in [0.15, 0.2) is 17.2 Å². The SMILES string of the molecule is CC(C)(F)c1onc(-c2c(Cl)cccc2Cl)c1COC1C[C@H]2CC[C@@H](C1)C2(O)c1nc2c(F)cc(C(=O)O)cc2s1. The van der Waals surface area contributed by atoms with Crippen LogP contribution in [0.2, 0.25) is 10.0 Å². The summed E-state index contributed by atoms with van der Waals surface area (Å²) in [4.78, 5) is 15.8. The fourth-order valence-corrected chi connectivity index (χ4v) is 8.15. The molecule has 2 aromatic carbocycles. The molecule has 4 aromatic rings. The predicted octanol–water partition coefficient (Wildman–Crippen LogP) is 7.89. The summed E-state index contributed by atoms with van der Waals surface area (Å²) in [6.07, 6.45) is 2.23. The average Bonchev–Trinajstić information content (AvgIpc) is 3.55. The number of aliphatic hydroxyl groups is 1. The van der Waals surface area contributed by atoms with Gasteiger partial charge < -0.3 is 19.5 Å². The third-order valence-electron chi connectivity index (χ3n) is 8.23. The van der Waals surface area contributed by atoms with Gasteiger partial charge in [-0.05, 0) is 75.6 Å². The summed E-state index contributed by atoms with van der Waals surface area (Å²) in [5.74, 6) is -2.35. The van der Waals surface area contributed by atoms with Crippen molar-refractivity contribution < 1.29 is 33.0 Å². The molecule has 4 atom stereocenters. The lowest BCUT2D eigenvalue weighted by atomic mass is 9.73. The van der Waals surface area contributed by atoms with Gasteiger partial charge in [-0.15, -0.1) is 11.3 Å². The number of benzene rings is 2. The summed E-state index contributed by atoms with van der Waals surface area (Å²) >= 11 is 14.0. The van der Waals surface area contributed by atoms with Gasteiger partial charge in [-0.25, -0.2) is 18.6 Å². The van der Waals surface area contributed by atoms with Gasteiger partial charge in [-0.2, -0.15) is 0 Å². The standard InChI is InChI=1S/C29H26Cl2F2N2O5S/c1-28(2,33)25-17(23(35-40-25)22-18(30)4-3-5-19(22)31)12-39-16-10-14-6-7-15(11-16)29(14,38)27-34-24-20(32)8-13(26(36)37)9-21(24)41-27/h3-5,8-9,14-16,38H,6-7,10-12H2,1-2H3,(H,36,37)/t14-,15+,16?,29?. The summed E-state index contributed by atoms with van der Waals surface area (Å²) in [5.41, 5.74) is -2.07. The van der Waals surface area contributed by atoms with Crippen LogP contribution < -0.4 is 0 Å². The van der Waals surface area contributed by atoms with Crippen LogP contribution in [0, 0.1) is 17.7 Å². The van der Waals surface area contributed by atoms with E-state index in [0.717, 1.165) is 30.2 Å². The number of alkyl halides is 1. The first-order valence-corrected chi connectivity index (χ1v) is 14.7. The zero-order chi connectivity index (χ0) is 29.3. The second-order valence-corrected chi connectivity index (χ2v) is 13.1. The third-order valence-corrected chi connectivity index (χ3v) is 10.0. The molecular formula is C29H26Cl2F2N2O5S. The maximum atomic E-state index is 15.1. The summed E-state index contributed by atoms with van der Waals surface area (Å²) in [5, 5.41) is 26.4. The largest absolute Gasteiger partial charge is 0.478 e. The minimum atomic E-state index is -1.84. The van der Waals surface area contributed by atoms with Gasteiger partial charge in [0, 0.05) is 5.56 Å². The maximum absolute atomic E-state index is 15.1. The van der Waals surface area contributed by atoms with Crippen LogP contribution in [0.5, 0.6) is 0 Å². The number of carboxylic acid groups (broad SMARTS) is 1. The number of rotatable bonds is 7. The lowest BCUT2D eigenvalue weighted by Gasteiger charge is -2.41. The van der Waals surface area contributed by atoms with Crippen molar-refractivity contribution in [1.82, 2.24) is 10.1 Å². The van der Waals surface area contributed by atoms with Gasteiger partial charge >= 0.3 is 5.97 Å². The van der Waals surface area contributed by atoms with Crippen molar-refractivity contribution in [3.05, 3.63) is 68.1 Å². The second kappa shape index (κ2) is 10.3. The molecule has 2 fully saturated rings. The number of hydrogen-bond acceptors (Lipinski definition) is 7. The molecule has 6 rings (SSSR count). The molecule has 2 aliphatic carbocycles. The van der Waals surface area contributed by atoms with Gasteiger partial charge in [-0.1, -0.05) is 34.4 Å². The Balaban J connectivity index is 1.26. The van der Waals surface area contributed by atoms with Crippen molar-refractivity contribution in [2.75, 3.05) is 0 Å². The number of hydrogen-bond donors (Lipinski definition) is 2. The van der Waals surface area contributed by atoms with Gasteiger partial charge in [0.25, 0.3) is 0 Å². The van der Waals surface area contributed by atoms with E-state index in [1.54, 1.807) is 18.2 Å². The number of carboxylic acids is 1. The third kappa shape index (κ3) is 4.83. The number of halogens is 4. The molecule has 12 heteroatoms. The Kier molecular flexibility index (Phi) is 7.14. The molecule has 2 bridgehead atoms. The van der Waals surface area contributed by atoms with Gasteiger partial charge in [-0.3, -0.25) is 0 Å². The number of thiazole rings is 1. The Hall–Kier alpha value is -2.63. The van der Waals surface area contributed by atoms with E-state index in [2.05, 4.69) is 10.1 Å². The highest BCUT2D eigenvalue weighted by molar-refractivity contribution is 7.18. The van der Waals surface area contributed by atoms with Crippen molar-refractivity contribution in [3.63, 3.8) is 0 Å². The van der Waals surface area contributed by atoms with Crippen molar-refractivity contribution in [2.24, 2.45) is 11.8 Å².